The zero-order valence-corrected chi connectivity index (χ0v) is 16.5. The van der Waals surface area contributed by atoms with Gasteiger partial charge in [0.25, 0.3) is 0 Å². The highest BCUT2D eigenvalue weighted by molar-refractivity contribution is 7.89. The maximum Gasteiger partial charge on any atom is 0.244 e. The Morgan fingerprint density at radius 2 is 1.92 bits per heavy atom. The van der Waals surface area contributed by atoms with Crippen molar-refractivity contribution in [3.63, 3.8) is 0 Å². The molecule has 2 rings (SSSR count). The highest BCUT2D eigenvalue weighted by atomic mass is 32.2. The summed E-state index contributed by atoms with van der Waals surface area (Å²) in [6.45, 7) is 7.24. The van der Waals surface area contributed by atoms with Crippen molar-refractivity contribution in [2.75, 3.05) is 26.7 Å². The van der Waals surface area contributed by atoms with Crippen molar-refractivity contribution in [1.82, 2.24) is 24.7 Å². The van der Waals surface area contributed by atoms with Gasteiger partial charge in [0.05, 0.1) is 17.4 Å². The monoisotopic (exact) mass is 371 g/mol. The van der Waals surface area contributed by atoms with Crippen molar-refractivity contribution >= 4 is 15.9 Å². The number of nitrogens with one attached hydrogen (secondary N) is 2. The van der Waals surface area contributed by atoms with Gasteiger partial charge in [-0.05, 0) is 53.1 Å². The molecule has 1 aliphatic heterocycles. The number of amides is 1. The molecule has 9 heteroatoms. The van der Waals surface area contributed by atoms with E-state index in [-0.39, 0.29) is 10.8 Å². The van der Waals surface area contributed by atoms with Crippen LogP contribution in [0.25, 0.3) is 0 Å². The van der Waals surface area contributed by atoms with E-state index in [1.807, 2.05) is 7.05 Å². The molecule has 142 valence electrons. The van der Waals surface area contributed by atoms with Crippen LogP contribution in [-0.2, 0) is 21.9 Å². The first-order valence-electron chi connectivity index (χ1n) is 8.63. The van der Waals surface area contributed by atoms with Crippen LogP contribution in [0.2, 0.25) is 0 Å². The number of aromatic nitrogens is 2. The third-order valence-electron chi connectivity index (χ3n) is 4.83. The van der Waals surface area contributed by atoms with Gasteiger partial charge >= 0.3 is 0 Å². The molecule has 1 saturated heterocycles. The van der Waals surface area contributed by atoms with Gasteiger partial charge in [-0.15, -0.1) is 0 Å². The fourth-order valence-electron chi connectivity index (χ4n) is 3.41. The molecule has 25 heavy (non-hydrogen) atoms. The van der Waals surface area contributed by atoms with E-state index in [0.29, 0.717) is 30.4 Å². The summed E-state index contributed by atoms with van der Waals surface area (Å²) in [4.78, 5) is 14.5. The first kappa shape index (κ1) is 19.9. The molecule has 1 aromatic heterocycles. The molecule has 2 heterocycles. The Bertz CT molecular complexity index is 720. The van der Waals surface area contributed by atoms with Gasteiger partial charge in [0.15, 0.2) is 0 Å². The molecule has 1 amide bonds. The van der Waals surface area contributed by atoms with E-state index in [1.165, 1.54) is 4.68 Å². The van der Waals surface area contributed by atoms with Crippen molar-refractivity contribution in [2.45, 2.75) is 44.6 Å². The lowest BCUT2D eigenvalue weighted by molar-refractivity contribution is -0.133. The second kappa shape index (κ2) is 7.84. The van der Waals surface area contributed by atoms with Crippen LogP contribution >= 0.6 is 0 Å². The van der Waals surface area contributed by atoms with Gasteiger partial charge in [-0.1, -0.05) is 0 Å². The average molecular weight is 372 g/mol. The summed E-state index contributed by atoms with van der Waals surface area (Å²) >= 11 is 0. The third kappa shape index (κ3) is 4.39. The number of carbonyl (C=O) groups excluding carboxylic acids is 1. The average Bonchev–Trinajstić information content (AvgIpc) is 2.80. The van der Waals surface area contributed by atoms with Gasteiger partial charge in [0.1, 0.15) is 4.90 Å². The minimum absolute atomic E-state index is 0.155. The first-order valence-corrected chi connectivity index (χ1v) is 10.1. The number of rotatable bonds is 6. The van der Waals surface area contributed by atoms with Gasteiger partial charge in [-0.2, -0.15) is 9.82 Å². The number of nitrogens with zero attached hydrogens (tertiary/aromatic N) is 3. The third-order valence-corrected chi connectivity index (χ3v) is 6.62. The zero-order chi connectivity index (χ0) is 18.8. The molecule has 1 atom stereocenters. The summed E-state index contributed by atoms with van der Waals surface area (Å²) in [5, 5.41) is 7.30. The number of piperidine rings is 1. The second-order valence-electron chi connectivity index (χ2n) is 6.79. The summed E-state index contributed by atoms with van der Waals surface area (Å²) in [6.07, 6.45) is 1.87. The van der Waals surface area contributed by atoms with Crippen LogP contribution in [0.15, 0.2) is 4.90 Å². The Morgan fingerprint density at radius 3 is 2.40 bits per heavy atom. The Morgan fingerprint density at radius 1 is 1.32 bits per heavy atom. The SMILES string of the molecule is CNCC1CCN(C(=O)C(C)NS(=O)(=O)c2c(C)nn(C)c2C)CC1. The molecule has 0 saturated carbocycles. The van der Waals surface area contributed by atoms with Crippen molar-refractivity contribution in [1.29, 1.82) is 0 Å². The van der Waals surface area contributed by atoms with Crippen LogP contribution in [0.1, 0.15) is 31.2 Å². The van der Waals surface area contributed by atoms with Crippen LogP contribution in [-0.4, -0.2) is 61.7 Å². The van der Waals surface area contributed by atoms with Crippen LogP contribution in [0.5, 0.6) is 0 Å². The molecule has 1 unspecified atom stereocenters. The summed E-state index contributed by atoms with van der Waals surface area (Å²) < 4.78 is 29.4. The molecule has 0 spiro atoms. The van der Waals surface area contributed by atoms with Crippen molar-refractivity contribution in [2.24, 2.45) is 13.0 Å². The lowest BCUT2D eigenvalue weighted by Crippen LogP contribution is -2.49. The largest absolute Gasteiger partial charge is 0.341 e. The highest BCUT2D eigenvalue weighted by Crippen LogP contribution is 2.20. The number of hydrogen-bond acceptors (Lipinski definition) is 5. The van der Waals surface area contributed by atoms with E-state index in [9.17, 15) is 13.2 Å². The quantitative estimate of drug-likeness (QED) is 0.743. The summed E-state index contributed by atoms with van der Waals surface area (Å²) in [5.74, 6) is 0.396. The second-order valence-corrected chi connectivity index (χ2v) is 8.44. The summed E-state index contributed by atoms with van der Waals surface area (Å²) in [6, 6.07) is -0.801. The van der Waals surface area contributed by atoms with Crippen LogP contribution < -0.4 is 10.0 Å². The van der Waals surface area contributed by atoms with E-state index in [4.69, 9.17) is 0 Å². The Kier molecular flexibility index (Phi) is 6.23. The minimum Gasteiger partial charge on any atom is -0.341 e. The molecular formula is C16H29N5O3S. The lowest BCUT2D eigenvalue weighted by Gasteiger charge is -2.33. The lowest BCUT2D eigenvalue weighted by atomic mass is 9.96. The van der Waals surface area contributed by atoms with E-state index < -0.39 is 16.1 Å². The van der Waals surface area contributed by atoms with Crippen molar-refractivity contribution < 1.29 is 13.2 Å². The maximum absolute atomic E-state index is 12.7. The molecule has 1 fully saturated rings. The standard InChI is InChI=1S/C16H29N5O3S/c1-11-15(13(3)20(5)18-11)25(23,24)19-12(2)16(22)21-8-6-14(7-9-21)10-17-4/h12,14,17,19H,6-10H2,1-5H3. The predicted molar refractivity (Wildman–Crippen MR) is 95.7 cm³/mol. The Balaban J connectivity index is 2.03. The van der Waals surface area contributed by atoms with E-state index in [0.717, 1.165) is 19.4 Å². The molecule has 2 N–H and O–H groups in total. The zero-order valence-electron chi connectivity index (χ0n) is 15.7. The maximum atomic E-state index is 12.7. The van der Waals surface area contributed by atoms with Crippen molar-refractivity contribution in [3.8, 4) is 0 Å². The highest BCUT2D eigenvalue weighted by Gasteiger charge is 2.31. The van der Waals surface area contributed by atoms with Gasteiger partial charge in [0, 0.05) is 20.1 Å². The Hall–Kier alpha value is -1.45. The van der Waals surface area contributed by atoms with Gasteiger partial charge in [-0.25, -0.2) is 8.42 Å². The number of sulfonamides is 1. The Labute approximate surface area is 150 Å². The van der Waals surface area contributed by atoms with Gasteiger partial charge in [0.2, 0.25) is 15.9 Å². The van der Waals surface area contributed by atoms with E-state index in [2.05, 4.69) is 15.1 Å². The molecule has 1 aromatic rings. The summed E-state index contributed by atoms with van der Waals surface area (Å²) in [5.41, 5.74) is 0.984. The molecule has 0 bridgehead atoms. The number of carbonyl (C=O) groups is 1. The smallest absolute Gasteiger partial charge is 0.244 e. The molecule has 0 aliphatic carbocycles. The number of likely N-dealkylation sites (tertiary alicyclic amines) is 1. The van der Waals surface area contributed by atoms with E-state index >= 15 is 0 Å². The minimum atomic E-state index is -3.79. The molecule has 0 aromatic carbocycles. The van der Waals surface area contributed by atoms with E-state index in [1.54, 1.807) is 32.7 Å². The van der Waals surface area contributed by atoms with Crippen LogP contribution in [0.3, 0.4) is 0 Å². The van der Waals surface area contributed by atoms with Crippen LogP contribution in [0.4, 0.5) is 0 Å². The molecular weight excluding hydrogens is 342 g/mol. The van der Waals surface area contributed by atoms with Crippen molar-refractivity contribution in [3.05, 3.63) is 11.4 Å². The predicted octanol–water partition coefficient (Wildman–Crippen LogP) is 0.162. The number of hydrogen-bond donors (Lipinski definition) is 2. The normalized spacial score (nSPS) is 17.7. The number of aryl methyl sites for hydroxylation is 2. The topological polar surface area (TPSA) is 96.3 Å². The summed E-state index contributed by atoms with van der Waals surface area (Å²) in [7, 11) is -0.167. The molecule has 0 radical (unpaired) electrons. The van der Waals surface area contributed by atoms with Crippen LogP contribution in [0, 0.1) is 19.8 Å². The molecule has 1 aliphatic rings. The fraction of sp³-hybridized carbons (Fsp3) is 0.750. The molecule has 8 nitrogen and oxygen atoms in total. The van der Waals surface area contributed by atoms with Gasteiger partial charge < -0.3 is 10.2 Å². The fourth-order valence-corrected chi connectivity index (χ4v) is 5.04. The van der Waals surface area contributed by atoms with Gasteiger partial charge in [-0.3, -0.25) is 9.48 Å². The first-order chi connectivity index (χ1) is 11.7.